The molecule has 0 N–H and O–H groups in total. The van der Waals surface area contributed by atoms with Crippen molar-refractivity contribution in [2.24, 2.45) is 5.41 Å². The highest BCUT2D eigenvalue weighted by Crippen LogP contribution is 2.26. The summed E-state index contributed by atoms with van der Waals surface area (Å²) >= 11 is 5.91. The summed E-state index contributed by atoms with van der Waals surface area (Å²) in [6.07, 6.45) is 1.10. The van der Waals surface area contributed by atoms with Crippen LogP contribution in [0.1, 0.15) is 26.3 Å². The molecule has 0 fully saturated rings. The Morgan fingerprint density at radius 1 is 1.38 bits per heavy atom. The lowest BCUT2D eigenvalue weighted by molar-refractivity contribution is -0.158. The molecule has 21 heavy (non-hydrogen) atoms. The monoisotopic (exact) mass is 308 g/mol. The van der Waals surface area contributed by atoms with Gasteiger partial charge in [0.15, 0.2) is 6.10 Å². The molecule has 1 aliphatic rings. The minimum atomic E-state index is -0.581. The van der Waals surface area contributed by atoms with Crippen LogP contribution in [-0.2, 0) is 19.1 Å². The van der Waals surface area contributed by atoms with Crippen LogP contribution in [0.25, 0.3) is 5.57 Å². The van der Waals surface area contributed by atoms with E-state index in [1.807, 2.05) is 0 Å². The van der Waals surface area contributed by atoms with Gasteiger partial charge in [0, 0.05) is 5.02 Å². The lowest BCUT2D eigenvalue weighted by Gasteiger charge is -2.17. The second kappa shape index (κ2) is 5.90. The van der Waals surface area contributed by atoms with Crippen LogP contribution in [-0.4, -0.2) is 24.6 Å². The predicted octanol–water partition coefficient (Wildman–Crippen LogP) is 3.24. The Morgan fingerprint density at radius 2 is 2.10 bits per heavy atom. The number of benzene rings is 1. The normalized spacial score (nSPS) is 18.2. The molecule has 2 rings (SSSR count). The highest BCUT2D eigenvalue weighted by molar-refractivity contribution is 6.31. The average Bonchev–Trinajstić information content (AvgIpc) is 2.76. The van der Waals surface area contributed by atoms with Crippen LogP contribution in [0.3, 0.4) is 0 Å². The number of carbonyl (C=O) groups is 2. The van der Waals surface area contributed by atoms with Gasteiger partial charge in [-0.1, -0.05) is 23.7 Å². The summed E-state index contributed by atoms with van der Waals surface area (Å²) in [5, 5.41) is 0.545. The molecule has 4 nitrogen and oxygen atoms in total. The molecule has 0 bridgehead atoms. The minimum absolute atomic E-state index is 0.0198. The van der Waals surface area contributed by atoms with E-state index in [9.17, 15) is 9.59 Å². The molecule has 5 heteroatoms. The number of hydrogen-bond donors (Lipinski definition) is 0. The summed E-state index contributed by atoms with van der Waals surface area (Å²) in [6.45, 7) is 5.32. The second-order valence-electron chi connectivity index (χ2n) is 5.88. The molecule has 0 unspecified atom stereocenters. The molecular formula is C16H17ClO4. The van der Waals surface area contributed by atoms with E-state index in [-0.39, 0.29) is 12.6 Å². The first-order valence-corrected chi connectivity index (χ1v) is 7.01. The van der Waals surface area contributed by atoms with Gasteiger partial charge in [0.2, 0.25) is 0 Å². The van der Waals surface area contributed by atoms with Crippen molar-refractivity contribution in [1.82, 2.24) is 0 Å². The van der Waals surface area contributed by atoms with Crippen molar-refractivity contribution in [1.29, 1.82) is 0 Å². The van der Waals surface area contributed by atoms with E-state index in [4.69, 9.17) is 21.1 Å². The van der Waals surface area contributed by atoms with E-state index >= 15 is 0 Å². The third-order valence-corrected chi connectivity index (χ3v) is 3.19. The number of ether oxygens (including phenoxy) is 2. The molecular weight excluding hydrogens is 292 g/mol. The zero-order chi connectivity index (χ0) is 15.6. The maximum atomic E-state index is 11.9. The molecule has 1 aromatic rings. The fourth-order valence-corrected chi connectivity index (χ4v) is 2.01. The van der Waals surface area contributed by atoms with Crippen LogP contribution in [0.5, 0.6) is 0 Å². The molecule has 0 saturated carbocycles. The van der Waals surface area contributed by atoms with Crippen molar-refractivity contribution in [3.05, 3.63) is 40.9 Å². The minimum Gasteiger partial charge on any atom is -0.461 e. The number of carbonyl (C=O) groups excluding carboxylic acids is 2. The molecule has 1 aromatic carbocycles. The van der Waals surface area contributed by atoms with Gasteiger partial charge >= 0.3 is 11.9 Å². The van der Waals surface area contributed by atoms with Gasteiger partial charge in [-0.15, -0.1) is 0 Å². The topological polar surface area (TPSA) is 52.6 Å². The maximum Gasteiger partial charge on any atom is 0.339 e. The highest BCUT2D eigenvalue weighted by atomic mass is 35.5. The van der Waals surface area contributed by atoms with Gasteiger partial charge in [0.25, 0.3) is 0 Å². The second-order valence-corrected chi connectivity index (χ2v) is 6.32. The molecule has 0 spiro atoms. The largest absolute Gasteiger partial charge is 0.461 e. The molecule has 0 aromatic heterocycles. The van der Waals surface area contributed by atoms with Crippen molar-refractivity contribution in [3.8, 4) is 0 Å². The third-order valence-electron chi connectivity index (χ3n) is 2.96. The van der Waals surface area contributed by atoms with Crippen LogP contribution >= 0.6 is 11.6 Å². The van der Waals surface area contributed by atoms with Crippen molar-refractivity contribution in [3.63, 3.8) is 0 Å². The SMILES string of the molecule is CC(C)(C)C(=O)OC[C@H]1C=C(c2cccc(Cl)c2)C(=O)O1. The summed E-state index contributed by atoms with van der Waals surface area (Å²) in [7, 11) is 0. The Balaban J connectivity index is 2.05. The zero-order valence-electron chi connectivity index (χ0n) is 12.2. The maximum absolute atomic E-state index is 11.9. The van der Waals surface area contributed by atoms with Crippen molar-refractivity contribution in [2.75, 3.05) is 6.61 Å². The van der Waals surface area contributed by atoms with Crippen LogP contribution < -0.4 is 0 Å². The summed E-state index contributed by atoms with van der Waals surface area (Å²) in [6, 6.07) is 6.97. The number of rotatable bonds is 3. The van der Waals surface area contributed by atoms with Crippen LogP contribution in [0.2, 0.25) is 5.02 Å². The number of cyclic esters (lactones) is 1. The quantitative estimate of drug-likeness (QED) is 0.804. The Labute approximate surface area is 128 Å². The summed E-state index contributed by atoms with van der Waals surface area (Å²) in [5.41, 5.74) is 0.550. The molecule has 1 heterocycles. The predicted molar refractivity (Wildman–Crippen MR) is 79.7 cm³/mol. The Hall–Kier alpha value is -1.81. The first-order valence-electron chi connectivity index (χ1n) is 6.63. The van der Waals surface area contributed by atoms with E-state index in [1.165, 1.54) is 0 Å². The van der Waals surface area contributed by atoms with Gasteiger partial charge in [-0.25, -0.2) is 4.79 Å². The molecule has 1 atom stereocenters. The van der Waals surface area contributed by atoms with E-state index in [1.54, 1.807) is 51.1 Å². The van der Waals surface area contributed by atoms with Crippen LogP contribution in [0, 0.1) is 5.41 Å². The fraction of sp³-hybridized carbons (Fsp3) is 0.375. The fourth-order valence-electron chi connectivity index (χ4n) is 1.82. The standard InChI is InChI=1S/C16H17ClO4/c1-16(2,3)15(19)20-9-12-8-13(14(18)21-12)10-5-4-6-11(17)7-10/h4-8,12H,9H2,1-3H3/t12-/m1/s1. The number of hydrogen-bond acceptors (Lipinski definition) is 4. The molecule has 0 aliphatic carbocycles. The molecule has 0 radical (unpaired) electrons. The van der Waals surface area contributed by atoms with Crippen LogP contribution in [0.15, 0.2) is 30.3 Å². The Kier molecular flexibility index (Phi) is 4.37. The van der Waals surface area contributed by atoms with Gasteiger partial charge in [-0.2, -0.15) is 0 Å². The molecule has 112 valence electrons. The van der Waals surface area contributed by atoms with E-state index in [0.29, 0.717) is 16.2 Å². The van der Waals surface area contributed by atoms with E-state index in [0.717, 1.165) is 0 Å². The smallest absolute Gasteiger partial charge is 0.339 e. The van der Waals surface area contributed by atoms with Gasteiger partial charge in [-0.05, 0) is 44.5 Å². The van der Waals surface area contributed by atoms with E-state index in [2.05, 4.69) is 0 Å². The zero-order valence-corrected chi connectivity index (χ0v) is 12.9. The van der Waals surface area contributed by atoms with Gasteiger partial charge in [-0.3, -0.25) is 4.79 Å². The first kappa shape index (κ1) is 15.6. The van der Waals surface area contributed by atoms with Gasteiger partial charge < -0.3 is 9.47 Å². The summed E-state index contributed by atoms with van der Waals surface area (Å²) in [5.74, 6) is -0.766. The average molecular weight is 309 g/mol. The van der Waals surface area contributed by atoms with Crippen molar-refractivity contribution >= 4 is 29.1 Å². The number of halogens is 1. The van der Waals surface area contributed by atoms with Gasteiger partial charge in [0.05, 0.1) is 11.0 Å². The lowest BCUT2D eigenvalue weighted by atomic mass is 9.97. The van der Waals surface area contributed by atoms with E-state index < -0.39 is 17.5 Å². The van der Waals surface area contributed by atoms with Crippen molar-refractivity contribution < 1.29 is 19.1 Å². The highest BCUT2D eigenvalue weighted by Gasteiger charge is 2.29. The Bertz CT molecular complexity index is 599. The lowest BCUT2D eigenvalue weighted by Crippen LogP contribution is -2.27. The third kappa shape index (κ3) is 3.85. The van der Waals surface area contributed by atoms with Crippen molar-refractivity contribution in [2.45, 2.75) is 26.9 Å². The number of esters is 2. The summed E-state index contributed by atoms with van der Waals surface area (Å²) < 4.78 is 10.3. The summed E-state index contributed by atoms with van der Waals surface area (Å²) in [4.78, 5) is 23.6. The van der Waals surface area contributed by atoms with Gasteiger partial charge in [0.1, 0.15) is 6.61 Å². The molecule has 0 amide bonds. The Morgan fingerprint density at radius 3 is 2.71 bits per heavy atom. The molecule has 1 aliphatic heterocycles. The first-order chi connectivity index (χ1) is 9.77. The molecule has 0 saturated heterocycles. The van der Waals surface area contributed by atoms with Crippen LogP contribution in [0.4, 0.5) is 0 Å².